The number of unbranched alkanes of at least 4 members (excludes halogenated alkanes) is 28. The van der Waals surface area contributed by atoms with E-state index in [9.17, 15) is 9.59 Å². The van der Waals surface area contributed by atoms with Crippen molar-refractivity contribution in [2.75, 3.05) is 5.32 Å². The van der Waals surface area contributed by atoms with Gasteiger partial charge in [-0.05, 0) is 25.0 Å². The summed E-state index contributed by atoms with van der Waals surface area (Å²) in [5, 5.41) is 11.6. The quantitative estimate of drug-likeness (QED) is 0.0790. The number of carbonyl (C=O) groups is 2. The third-order valence-corrected chi connectivity index (χ3v) is 8.85. The molecule has 0 aliphatic carbocycles. The fourth-order valence-corrected chi connectivity index (χ4v) is 6.08. The Hall–Kier alpha value is -1.84. The highest BCUT2D eigenvalue weighted by Gasteiger charge is 2.02. The number of amides is 1. The van der Waals surface area contributed by atoms with Crippen LogP contribution in [0, 0.1) is 0 Å². The van der Waals surface area contributed by atoms with E-state index in [0.29, 0.717) is 12.8 Å². The van der Waals surface area contributed by atoms with Crippen LogP contribution in [0.3, 0.4) is 0 Å². The van der Waals surface area contributed by atoms with Crippen LogP contribution in [0.4, 0.5) is 5.69 Å². The van der Waals surface area contributed by atoms with Gasteiger partial charge in [0.25, 0.3) is 0 Å². The molecule has 0 atom stereocenters. The molecule has 248 valence electrons. The lowest BCUT2D eigenvalue weighted by atomic mass is 10.0. The maximum Gasteiger partial charge on any atom is 0.303 e. The van der Waals surface area contributed by atoms with E-state index in [1.807, 2.05) is 30.3 Å². The third kappa shape index (κ3) is 30.0. The topological polar surface area (TPSA) is 66.4 Å². The number of carboxylic acids is 1. The second kappa shape index (κ2) is 31.6. The van der Waals surface area contributed by atoms with E-state index in [1.165, 1.54) is 167 Å². The number of hydrogen-bond donors (Lipinski definition) is 2. The number of para-hydroxylation sites is 1. The molecule has 4 heteroatoms. The summed E-state index contributed by atoms with van der Waals surface area (Å²) < 4.78 is 0. The minimum absolute atomic E-state index is 0.141. The predicted octanol–water partition coefficient (Wildman–Crippen LogP) is 12.8. The van der Waals surface area contributed by atoms with Gasteiger partial charge in [0.15, 0.2) is 0 Å². The van der Waals surface area contributed by atoms with Gasteiger partial charge >= 0.3 is 5.97 Å². The Balaban J connectivity index is 1.65. The smallest absolute Gasteiger partial charge is 0.303 e. The van der Waals surface area contributed by atoms with Gasteiger partial charge in [0.1, 0.15) is 0 Å². The van der Waals surface area contributed by atoms with Gasteiger partial charge < -0.3 is 10.4 Å². The van der Waals surface area contributed by atoms with Crippen LogP contribution in [0.25, 0.3) is 0 Å². The van der Waals surface area contributed by atoms with Crippen molar-refractivity contribution in [1.29, 1.82) is 0 Å². The first-order valence-corrected chi connectivity index (χ1v) is 18.7. The van der Waals surface area contributed by atoms with Gasteiger partial charge in [-0.25, -0.2) is 0 Å². The Morgan fingerprint density at radius 3 is 0.930 bits per heavy atom. The number of carboxylic acid groups (broad SMARTS) is 1. The minimum Gasteiger partial charge on any atom is -0.481 e. The average molecular weight is 600 g/mol. The fraction of sp³-hybridized carbons (Fsp3) is 0.795. The molecule has 0 radical (unpaired) electrons. The molecule has 0 aliphatic rings. The van der Waals surface area contributed by atoms with E-state index < -0.39 is 5.97 Å². The van der Waals surface area contributed by atoms with Gasteiger partial charge in [0.2, 0.25) is 5.91 Å². The van der Waals surface area contributed by atoms with Gasteiger partial charge in [-0.2, -0.15) is 0 Å². The summed E-state index contributed by atoms with van der Waals surface area (Å²) >= 11 is 0. The number of anilines is 1. The maximum absolute atomic E-state index is 12.0. The summed E-state index contributed by atoms with van der Waals surface area (Å²) in [6.45, 7) is 0. The molecule has 1 aromatic carbocycles. The highest BCUT2D eigenvalue weighted by Crippen LogP contribution is 2.17. The maximum atomic E-state index is 12.0. The van der Waals surface area contributed by atoms with E-state index in [2.05, 4.69) is 5.32 Å². The van der Waals surface area contributed by atoms with Crippen molar-refractivity contribution in [3.63, 3.8) is 0 Å². The Kier molecular flexibility index (Phi) is 28.8. The molecule has 1 rings (SSSR count). The number of benzene rings is 1. The highest BCUT2D eigenvalue weighted by atomic mass is 16.4. The summed E-state index contributed by atoms with van der Waals surface area (Å²) in [4.78, 5) is 22.4. The van der Waals surface area contributed by atoms with Crippen molar-refractivity contribution in [1.82, 2.24) is 0 Å². The second-order valence-corrected chi connectivity index (χ2v) is 13.1. The van der Waals surface area contributed by atoms with E-state index in [0.717, 1.165) is 24.9 Å². The van der Waals surface area contributed by atoms with E-state index in [-0.39, 0.29) is 5.91 Å². The zero-order chi connectivity index (χ0) is 30.9. The largest absolute Gasteiger partial charge is 0.481 e. The predicted molar refractivity (Wildman–Crippen MR) is 186 cm³/mol. The third-order valence-electron chi connectivity index (χ3n) is 8.85. The molecular weight excluding hydrogens is 530 g/mol. The van der Waals surface area contributed by atoms with Crippen molar-refractivity contribution in [2.24, 2.45) is 0 Å². The molecule has 0 saturated carbocycles. The standard InChI is InChI=1S/C39H69NO3/c41-38(40-37-33-29-28-30-34-37)35-31-26-24-22-20-18-16-14-12-10-8-6-4-2-1-3-5-7-9-11-13-15-17-19-21-23-25-27-32-36-39(42)43/h28-30,33-34H,1-27,31-32,35-36H2,(H,40,41)(H,42,43). The molecule has 0 heterocycles. The zero-order valence-corrected chi connectivity index (χ0v) is 28.1. The Labute approximate surface area is 266 Å². The molecule has 0 aromatic heterocycles. The number of hydrogen-bond acceptors (Lipinski definition) is 2. The van der Waals surface area contributed by atoms with Crippen LogP contribution in [0.2, 0.25) is 0 Å². The lowest BCUT2D eigenvalue weighted by Gasteiger charge is -2.05. The van der Waals surface area contributed by atoms with Crippen molar-refractivity contribution in [3.8, 4) is 0 Å². The van der Waals surface area contributed by atoms with Gasteiger partial charge in [-0.3, -0.25) is 9.59 Å². The van der Waals surface area contributed by atoms with Crippen LogP contribution in [0.1, 0.15) is 199 Å². The summed E-state index contributed by atoms with van der Waals surface area (Å²) in [7, 11) is 0. The van der Waals surface area contributed by atoms with Gasteiger partial charge in [-0.15, -0.1) is 0 Å². The number of nitrogens with one attached hydrogen (secondary N) is 1. The molecule has 0 unspecified atom stereocenters. The molecule has 0 spiro atoms. The molecule has 2 N–H and O–H groups in total. The van der Waals surface area contributed by atoms with Crippen molar-refractivity contribution in [3.05, 3.63) is 30.3 Å². The summed E-state index contributed by atoms with van der Waals surface area (Å²) in [5.74, 6) is -0.513. The molecule has 1 aromatic rings. The number of aliphatic carboxylic acids is 1. The molecular formula is C39H69NO3. The van der Waals surface area contributed by atoms with Crippen molar-refractivity contribution >= 4 is 17.6 Å². The SMILES string of the molecule is O=C(O)CCCCCCCCCCCCCCCCCCCCCCCCCCCCCCCC(=O)Nc1ccccc1. The van der Waals surface area contributed by atoms with Crippen LogP contribution >= 0.6 is 0 Å². The van der Waals surface area contributed by atoms with Gasteiger partial charge in [-0.1, -0.05) is 192 Å². The molecule has 0 saturated heterocycles. The van der Waals surface area contributed by atoms with E-state index in [4.69, 9.17) is 5.11 Å². The highest BCUT2D eigenvalue weighted by molar-refractivity contribution is 5.90. The first-order valence-electron chi connectivity index (χ1n) is 18.7. The van der Waals surface area contributed by atoms with Gasteiger partial charge in [0, 0.05) is 18.5 Å². The van der Waals surface area contributed by atoms with E-state index in [1.54, 1.807) is 0 Å². The normalized spacial score (nSPS) is 11.2. The molecule has 0 aliphatic heterocycles. The molecule has 0 fully saturated rings. The van der Waals surface area contributed by atoms with E-state index >= 15 is 0 Å². The average Bonchev–Trinajstić information content (AvgIpc) is 3.00. The summed E-state index contributed by atoms with van der Waals surface area (Å²) in [5.41, 5.74) is 0.898. The molecule has 0 bridgehead atoms. The summed E-state index contributed by atoms with van der Waals surface area (Å²) in [6, 6.07) is 9.75. The molecule has 1 amide bonds. The summed E-state index contributed by atoms with van der Waals surface area (Å²) in [6.07, 6.45) is 39.8. The van der Waals surface area contributed by atoms with Crippen LogP contribution in [-0.2, 0) is 9.59 Å². The molecule has 4 nitrogen and oxygen atoms in total. The van der Waals surface area contributed by atoms with Crippen LogP contribution < -0.4 is 5.32 Å². The second-order valence-electron chi connectivity index (χ2n) is 13.1. The lowest BCUT2D eigenvalue weighted by Crippen LogP contribution is -2.10. The Morgan fingerprint density at radius 1 is 0.395 bits per heavy atom. The monoisotopic (exact) mass is 600 g/mol. The Bertz CT molecular complexity index is 735. The lowest BCUT2D eigenvalue weighted by molar-refractivity contribution is -0.137. The first-order chi connectivity index (χ1) is 21.2. The zero-order valence-electron chi connectivity index (χ0n) is 28.1. The minimum atomic E-state index is -0.654. The van der Waals surface area contributed by atoms with Crippen LogP contribution in [0.15, 0.2) is 30.3 Å². The van der Waals surface area contributed by atoms with Crippen molar-refractivity contribution in [2.45, 2.75) is 199 Å². The molecule has 43 heavy (non-hydrogen) atoms. The van der Waals surface area contributed by atoms with Crippen molar-refractivity contribution < 1.29 is 14.7 Å². The van der Waals surface area contributed by atoms with Crippen LogP contribution in [0.5, 0.6) is 0 Å². The number of carbonyl (C=O) groups excluding carboxylic acids is 1. The van der Waals surface area contributed by atoms with Crippen LogP contribution in [-0.4, -0.2) is 17.0 Å². The Morgan fingerprint density at radius 2 is 0.651 bits per heavy atom. The first kappa shape index (κ1) is 39.2. The fourth-order valence-electron chi connectivity index (χ4n) is 6.08. The number of rotatable bonds is 33. The van der Waals surface area contributed by atoms with Gasteiger partial charge in [0.05, 0.1) is 0 Å².